The predicted octanol–water partition coefficient (Wildman–Crippen LogP) is 3.28. The van der Waals surface area contributed by atoms with E-state index >= 15 is 0 Å². The molecule has 2 aromatic carbocycles. The number of tetrazole rings is 1. The highest BCUT2D eigenvalue weighted by atomic mass is 32.2. The summed E-state index contributed by atoms with van der Waals surface area (Å²) in [5.41, 5.74) is 1.88. The number of nitrogens with two attached hydrogens (primary N) is 1. The Hall–Kier alpha value is -3.40. The van der Waals surface area contributed by atoms with E-state index in [0.717, 1.165) is 48.4 Å². The Morgan fingerprint density at radius 2 is 1.71 bits per heavy atom. The standard InChI is InChI=1S/C21H24N8OS/c1-30-18-12-10-17(11-13-18)20-24-25-21(29(20)22)31-15-7-3-6-14-28-26-19(23-27-28)16-8-4-2-5-9-16/h2,4-5,8-13H,3,6-7,14-15,22H2,1H3. The molecule has 10 heteroatoms. The lowest BCUT2D eigenvalue weighted by atomic mass is 10.2. The van der Waals surface area contributed by atoms with Gasteiger partial charge in [-0.2, -0.15) is 4.80 Å². The zero-order valence-corrected chi connectivity index (χ0v) is 18.1. The summed E-state index contributed by atoms with van der Waals surface area (Å²) < 4.78 is 6.72. The van der Waals surface area contributed by atoms with Gasteiger partial charge in [-0.3, -0.25) is 0 Å². The molecule has 0 bridgehead atoms. The van der Waals surface area contributed by atoms with E-state index in [1.54, 1.807) is 23.7 Å². The number of aryl methyl sites for hydroxylation is 1. The number of nitrogen functional groups attached to an aromatic ring is 1. The average Bonchev–Trinajstić information content (AvgIpc) is 3.44. The quantitative estimate of drug-likeness (QED) is 0.229. The normalized spacial score (nSPS) is 11.0. The number of benzene rings is 2. The van der Waals surface area contributed by atoms with Gasteiger partial charge in [-0.1, -0.05) is 48.5 Å². The van der Waals surface area contributed by atoms with Crippen LogP contribution in [-0.2, 0) is 6.54 Å². The van der Waals surface area contributed by atoms with Crippen molar-refractivity contribution in [3.63, 3.8) is 0 Å². The summed E-state index contributed by atoms with van der Waals surface area (Å²) in [6.07, 6.45) is 3.08. The number of methoxy groups -OCH3 is 1. The number of ether oxygens (including phenoxy) is 1. The van der Waals surface area contributed by atoms with Crippen LogP contribution in [0.25, 0.3) is 22.8 Å². The molecular weight excluding hydrogens is 412 g/mol. The lowest BCUT2D eigenvalue weighted by molar-refractivity contribution is 0.415. The third-order valence-electron chi connectivity index (χ3n) is 4.73. The number of nitrogens with zero attached hydrogens (tertiary/aromatic N) is 7. The number of thioether (sulfide) groups is 1. The number of hydrogen-bond acceptors (Lipinski definition) is 8. The van der Waals surface area contributed by atoms with Gasteiger partial charge in [-0.25, -0.2) is 4.68 Å². The highest BCUT2D eigenvalue weighted by molar-refractivity contribution is 7.99. The third kappa shape index (κ3) is 5.21. The highest BCUT2D eigenvalue weighted by Crippen LogP contribution is 2.24. The van der Waals surface area contributed by atoms with Crippen molar-refractivity contribution < 1.29 is 4.74 Å². The molecule has 0 amide bonds. The van der Waals surface area contributed by atoms with Crippen LogP contribution in [0.2, 0.25) is 0 Å². The molecule has 2 N–H and O–H groups in total. The Morgan fingerprint density at radius 1 is 0.903 bits per heavy atom. The van der Waals surface area contributed by atoms with Crippen molar-refractivity contribution in [3.05, 3.63) is 54.6 Å². The lowest BCUT2D eigenvalue weighted by Gasteiger charge is -2.05. The number of rotatable bonds is 10. The molecule has 0 atom stereocenters. The maximum absolute atomic E-state index is 6.19. The molecule has 0 saturated heterocycles. The first-order chi connectivity index (χ1) is 15.2. The molecule has 0 aliphatic rings. The molecular formula is C21H24N8OS. The summed E-state index contributed by atoms with van der Waals surface area (Å²) in [6, 6.07) is 17.5. The Balaban J connectivity index is 1.20. The second-order valence-electron chi connectivity index (χ2n) is 6.89. The van der Waals surface area contributed by atoms with Crippen molar-refractivity contribution >= 4 is 11.8 Å². The third-order valence-corrected chi connectivity index (χ3v) is 5.76. The Morgan fingerprint density at radius 3 is 2.48 bits per heavy atom. The summed E-state index contributed by atoms with van der Waals surface area (Å²) in [4.78, 5) is 1.66. The molecule has 160 valence electrons. The molecule has 2 heterocycles. The van der Waals surface area contributed by atoms with Crippen LogP contribution in [0.5, 0.6) is 5.75 Å². The van der Waals surface area contributed by atoms with Gasteiger partial charge >= 0.3 is 0 Å². The largest absolute Gasteiger partial charge is 0.497 e. The van der Waals surface area contributed by atoms with Crippen molar-refractivity contribution in [2.24, 2.45) is 0 Å². The van der Waals surface area contributed by atoms with Crippen molar-refractivity contribution in [2.75, 3.05) is 18.7 Å². The van der Waals surface area contributed by atoms with E-state index in [0.29, 0.717) is 16.8 Å². The summed E-state index contributed by atoms with van der Waals surface area (Å²) in [5, 5.41) is 21.9. The molecule has 9 nitrogen and oxygen atoms in total. The Bertz CT molecular complexity index is 1090. The lowest BCUT2D eigenvalue weighted by Crippen LogP contribution is -2.11. The molecule has 0 spiro atoms. The monoisotopic (exact) mass is 436 g/mol. The fourth-order valence-electron chi connectivity index (χ4n) is 3.05. The van der Waals surface area contributed by atoms with Crippen molar-refractivity contribution in [1.82, 2.24) is 35.1 Å². The summed E-state index contributed by atoms with van der Waals surface area (Å²) in [6.45, 7) is 0.749. The predicted molar refractivity (Wildman–Crippen MR) is 120 cm³/mol. The van der Waals surface area contributed by atoms with E-state index in [1.165, 1.54) is 4.68 Å². The SMILES string of the molecule is COc1ccc(-c2nnc(SCCCCCn3nnc(-c4ccccc4)n3)n2N)cc1. The minimum atomic E-state index is 0.636. The van der Waals surface area contributed by atoms with Crippen LogP contribution < -0.4 is 10.6 Å². The molecule has 0 saturated carbocycles. The fourth-order valence-corrected chi connectivity index (χ4v) is 3.90. The van der Waals surface area contributed by atoms with Gasteiger partial charge in [0, 0.05) is 16.9 Å². The molecule has 0 aliphatic heterocycles. The minimum absolute atomic E-state index is 0.636. The maximum atomic E-state index is 6.19. The van der Waals surface area contributed by atoms with Crippen LogP contribution in [-0.4, -0.2) is 47.9 Å². The van der Waals surface area contributed by atoms with E-state index in [1.807, 2.05) is 54.6 Å². The summed E-state index contributed by atoms with van der Waals surface area (Å²) >= 11 is 1.61. The van der Waals surface area contributed by atoms with Crippen molar-refractivity contribution in [3.8, 4) is 28.5 Å². The van der Waals surface area contributed by atoms with Gasteiger partial charge in [0.05, 0.1) is 13.7 Å². The summed E-state index contributed by atoms with van der Waals surface area (Å²) in [5.74, 6) is 9.19. The van der Waals surface area contributed by atoms with Gasteiger partial charge in [0.1, 0.15) is 5.75 Å². The number of hydrogen-bond donors (Lipinski definition) is 1. The fraction of sp³-hybridized carbons (Fsp3) is 0.286. The first kappa shape index (κ1) is 20.9. The average molecular weight is 437 g/mol. The molecule has 31 heavy (non-hydrogen) atoms. The van der Waals surface area contributed by atoms with Gasteiger partial charge in [0.15, 0.2) is 5.82 Å². The topological polar surface area (TPSA) is 110 Å². The van der Waals surface area contributed by atoms with Crippen LogP contribution in [0.1, 0.15) is 19.3 Å². The first-order valence-corrected chi connectivity index (χ1v) is 11.0. The second kappa shape index (κ2) is 10.1. The van der Waals surface area contributed by atoms with E-state index in [-0.39, 0.29) is 0 Å². The molecule has 0 unspecified atom stereocenters. The van der Waals surface area contributed by atoms with Crippen LogP contribution in [0.15, 0.2) is 59.8 Å². The van der Waals surface area contributed by atoms with Crippen LogP contribution in [0.4, 0.5) is 0 Å². The van der Waals surface area contributed by atoms with Gasteiger partial charge in [-0.05, 0) is 42.3 Å². The number of aromatic nitrogens is 7. The smallest absolute Gasteiger partial charge is 0.210 e. The molecule has 4 rings (SSSR count). The van der Waals surface area contributed by atoms with Gasteiger partial charge in [0.2, 0.25) is 11.0 Å². The van der Waals surface area contributed by atoms with E-state index in [4.69, 9.17) is 10.6 Å². The number of unbranched alkanes of at least 4 members (excludes halogenated alkanes) is 2. The minimum Gasteiger partial charge on any atom is -0.497 e. The van der Waals surface area contributed by atoms with E-state index in [2.05, 4.69) is 25.6 Å². The zero-order valence-electron chi connectivity index (χ0n) is 17.3. The van der Waals surface area contributed by atoms with Gasteiger partial charge < -0.3 is 10.6 Å². The first-order valence-electron chi connectivity index (χ1n) is 10.1. The Labute approximate surface area is 184 Å². The molecule has 2 aromatic heterocycles. The van der Waals surface area contributed by atoms with Crippen molar-refractivity contribution in [2.45, 2.75) is 31.0 Å². The highest BCUT2D eigenvalue weighted by Gasteiger charge is 2.12. The molecule has 0 fully saturated rings. The second-order valence-corrected chi connectivity index (χ2v) is 7.95. The Kier molecular flexibility index (Phi) is 6.78. The summed E-state index contributed by atoms with van der Waals surface area (Å²) in [7, 11) is 1.64. The zero-order chi connectivity index (χ0) is 21.5. The maximum Gasteiger partial charge on any atom is 0.210 e. The van der Waals surface area contributed by atoms with Gasteiger partial charge in [-0.15, -0.1) is 20.4 Å². The van der Waals surface area contributed by atoms with Crippen LogP contribution in [0.3, 0.4) is 0 Å². The van der Waals surface area contributed by atoms with E-state index < -0.39 is 0 Å². The van der Waals surface area contributed by atoms with Crippen LogP contribution >= 0.6 is 11.8 Å². The van der Waals surface area contributed by atoms with E-state index in [9.17, 15) is 0 Å². The van der Waals surface area contributed by atoms with Crippen LogP contribution in [0, 0.1) is 0 Å². The van der Waals surface area contributed by atoms with Crippen molar-refractivity contribution in [1.29, 1.82) is 0 Å². The van der Waals surface area contributed by atoms with Gasteiger partial charge in [0.25, 0.3) is 0 Å². The molecule has 0 radical (unpaired) electrons. The molecule has 0 aliphatic carbocycles. The molecule has 4 aromatic rings.